The number of nitrogens with zero attached hydrogens (tertiary/aromatic N) is 1. The monoisotopic (exact) mass is 458 g/mol. The topological polar surface area (TPSA) is 24.5 Å². The molecule has 0 aliphatic carbocycles. The first-order chi connectivity index (χ1) is 15.3. The van der Waals surface area contributed by atoms with E-state index in [9.17, 15) is 13.2 Å². The van der Waals surface area contributed by atoms with E-state index < -0.39 is 11.7 Å². The Bertz CT molecular complexity index is 980. The summed E-state index contributed by atoms with van der Waals surface area (Å²) >= 11 is 5.49. The van der Waals surface area contributed by atoms with Crippen LogP contribution in [0.5, 0.6) is 5.75 Å². The number of hydrogen-bond acceptors (Lipinski definition) is 2. The van der Waals surface area contributed by atoms with Gasteiger partial charge in [-0.3, -0.25) is 0 Å². The van der Waals surface area contributed by atoms with Gasteiger partial charge in [0, 0.05) is 26.6 Å². The van der Waals surface area contributed by atoms with Crippen LogP contribution in [0.2, 0.25) is 0 Å². The third-order valence-electron chi connectivity index (χ3n) is 4.99. The van der Waals surface area contributed by atoms with Crippen LogP contribution in [0.15, 0.2) is 84.9 Å². The van der Waals surface area contributed by atoms with E-state index in [0.717, 1.165) is 23.3 Å². The first-order valence-electron chi connectivity index (χ1n) is 10.2. The molecule has 0 aliphatic heterocycles. The predicted molar refractivity (Wildman–Crippen MR) is 124 cm³/mol. The molecule has 0 amide bonds. The molecule has 1 N–H and O–H groups in total. The minimum atomic E-state index is -4.37. The van der Waals surface area contributed by atoms with Crippen molar-refractivity contribution in [2.75, 3.05) is 13.6 Å². The first-order valence-corrected chi connectivity index (χ1v) is 10.7. The predicted octanol–water partition coefficient (Wildman–Crippen LogP) is 6.22. The van der Waals surface area contributed by atoms with Crippen LogP contribution in [0.25, 0.3) is 0 Å². The zero-order valence-corrected chi connectivity index (χ0v) is 18.5. The van der Waals surface area contributed by atoms with Crippen molar-refractivity contribution in [3.63, 3.8) is 0 Å². The fourth-order valence-electron chi connectivity index (χ4n) is 3.17. The summed E-state index contributed by atoms with van der Waals surface area (Å²) in [6.07, 6.45) is -4.09. The average Bonchev–Trinajstić information content (AvgIpc) is 2.81. The van der Waals surface area contributed by atoms with Crippen LogP contribution in [0, 0.1) is 0 Å². The van der Waals surface area contributed by atoms with E-state index in [1.54, 1.807) is 0 Å². The van der Waals surface area contributed by atoms with Crippen LogP contribution in [0.4, 0.5) is 13.2 Å². The minimum Gasteiger partial charge on any atom is -0.486 e. The van der Waals surface area contributed by atoms with Gasteiger partial charge >= 0.3 is 6.18 Å². The second kappa shape index (κ2) is 11.0. The number of rotatable bonds is 8. The van der Waals surface area contributed by atoms with Crippen LogP contribution < -0.4 is 10.1 Å². The highest BCUT2D eigenvalue weighted by molar-refractivity contribution is 7.80. The van der Waals surface area contributed by atoms with Crippen LogP contribution in [-0.2, 0) is 12.7 Å². The maximum atomic E-state index is 12.8. The number of ether oxygens (including phenoxy) is 1. The number of hydrogen-bond donors (Lipinski definition) is 1. The zero-order valence-electron chi connectivity index (χ0n) is 17.7. The molecule has 168 valence electrons. The van der Waals surface area contributed by atoms with E-state index >= 15 is 0 Å². The highest BCUT2D eigenvalue weighted by Crippen LogP contribution is 2.32. The molecular formula is C25H25F3N2OS. The van der Waals surface area contributed by atoms with Gasteiger partial charge in [0.05, 0.1) is 5.56 Å². The average molecular weight is 459 g/mol. The summed E-state index contributed by atoms with van der Waals surface area (Å²) in [4.78, 5) is 1.93. The molecule has 1 atom stereocenters. The molecule has 32 heavy (non-hydrogen) atoms. The SMILES string of the molecule is CN(CCC(Oc1ccc(C(F)(F)F)cc1)c1ccccc1)C(=S)NCc1ccccc1. The van der Waals surface area contributed by atoms with Gasteiger partial charge in [0.25, 0.3) is 0 Å². The number of halogens is 3. The van der Waals surface area contributed by atoms with Crippen molar-refractivity contribution in [2.24, 2.45) is 0 Å². The van der Waals surface area contributed by atoms with Crippen molar-refractivity contribution < 1.29 is 17.9 Å². The lowest BCUT2D eigenvalue weighted by molar-refractivity contribution is -0.137. The van der Waals surface area contributed by atoms with E-state index in [4.69, 9.17) is 17.0 Å². The zero-order chi connectivity index (χ0) is 23.0. The van der Waals surface area contributed by atoms with E-state index in [-0.39, 0.29) is 6.10 Å². The summed E-state index contributed by atoms with van der Waals surface area (Å²) in [5.74, 6) is 0.388. The standard InChI is InChI=1S/C25H25F3N2OS/c1-30(24(32)29-18-19-8-4-2-5-9-19)17-16-23(20-10-6-3-7-11-20)31-22-14-12-21(13-15-22)25(26,27)28/h2-15,23H,16-18H2,1H3,(H,29,32). The molecule has 3 aromatic rings. The first kappa shape index (κ1) is 23.6. The van der Waals surface area contributed by atoms with Gasteiger partial charge in [-0.05, 0) is 47.6 Å². The Kier molecular flexibility index (Phi) is 8.11. The minimum absolute atomic E-state index is 0.327. The van der Waals surface area contributed by atoms with Crippen molar-refractivity contribution in [1.29, 1.82) is 0 Å². The Morgan fingerprint density at radius 1 is 0.938 bits per heavy atom. The molecule has 1 unspecified atom stereocenters. The maximum absolute atomic E-state index is 12.8. The van der Waals surface area contributed by atoms with Crippen LogP contribution in [0.3, 0.4) is 0 Å². The second-order valence-corrected chi connectivity index (χ2v) is 7.78. The van der Waals surface area contributed by atoms with Gasteiger partial charge in [-0.1, -0.05) is 60.7 Å². The summed E-state index contributed by atoms with van der Waals surface area (Å²) in [6.45, 7) is 1.25. The molecule has 3 nitrogen and oxygen atoms in total. The molecule has 0 heterocycles. The Labute approximate surface area is 191 Å². The van der Waals surface area contributed by atoms with Gasteiger partial charge in [0.2, 0.25) is 0 Å². The van der Waals surface area contributed by atoms with Gasteiger partial charge in [-0.2, -0.15) is 13.2 Å². The molecule has 0 radical (unpaired) electrons. The highest BCUT2D eigenvalue weighted by Gasteiger charge is 2.30. The van der Waals surface area contributed by atoms with Crippen LogP contribution in [0.1, 0.15) is 29.2 Å². The Morgan fingerprint density at radius 3 is 2.12 bits per heavy atom. The van der Waals surface area contributed by atoms with Gasteiger partial charge < -0.3 is 15.0 Å². The smallest absolute Gasteiger partial charge is 0.416 e. The maximum Gasteiger partial charge on any atom is 0.416 e. The highest BCUT2D eigenvalue weighted by atomic mass is 32.1. The molecule has 0 fully saturated rings. The normalized spacial score (nSPS) is 12.1. The molecule has 0 saturated heterocycles. The number of alkyl halides is 3. The lowest BCUT2D eigenvalue weighted by atomic mass is 10.1. The molecule has 7 heteroatoms. The van der Waals surface area contributed by atoms with Crippen molar-refractivity contribution >= 4 is 17.3 Å². The molecule has 0 spiro atoms. The van der Waals surface area contributed by atoms with Crippen molar-refractivity contribution in [3.05, 3.63) is 102 Å². The number of nitrogens with one attached hydrogen (secondary N) is 1. The Hall–Kier alpha value is -3.06. The third kappa shape index (κ3) is 6.99. The van der Waals surface area contributed by atoms with Crippen molar-refractivity contribution in [3.8, 4) is 5.75 Å². The summed E-state index contributed by atoms with van der Waals surface area (Å²) in [5, 5.41) is 3.86. The summed E-state index contributed by atoms with van der Waals surface area (Å²) < 4.78 is 44.6. The molecule has 0 saturated carbocycles. The summed E-state index contributed by atoms with van der Waals surface area (Å²) in [7, 11) is 1.90. The quantitative estimate of drug-likeness (QED) is 0.405. The molecule has 3 aromatic carbocycles. The van der Waals surface area contributed by atoms with E-state index in [2.05, 4.69) is 5.32 Å². The lowest BCUT2D eigenvalue weighted by Gasteiger charge is -2.25. The lowest BCUT2D eigenvalue weighted by Crippen LogP contribution is -2.37. The Morgan fingerprint density at radius 2 is 1.53 bits per heavy atom. The molecule has 0 bridgehead atoms. The summed E-state index contributed by atoms with van der Waals surface area (Å²) in [5.41, 5.74) is 1.38. The van der Waals surface area contributed by atoms with Gasteiger partial charge in [0.1, 0.15) is 11.9 Å². The van der Waals surface area contributed by atoms with Gasteiger partial charge in [0.15, 0.2) is 5.11 Å². The summed E-state index contributed by atoms with van der Waals surface area (Å²) in [6, 6.07) is 24.4. The van der Waals surface area contributed by atoms with Crippen molar-refractivity contribution in [1.82, 2.24) is 10.2 Å². The Balaban J connectivity index is 1.61. The van der Waals surface area contributed by atoms with Crippen LogP contribution >= 0.6 is 12.2 Å². The van der Waals surface area contributed by atoms with E-state index in [1.165, 1.54) is 12.1 Å². The fourth-order valence-corrected chi connectivity index (χ4v) is 3.33. The van der Waals surface area contributed by atoms with E-state index in [1.807, 2.05) is 72.6 Å². The second-order valence-electron chi connectivity index (χ2n) is 7.39. The molecule has 0 aliphatic rings. The van der Waals surface area contributed by atoms with Gasteiger partial charge in [-0.25, -0.2) is 0 Å². The largest absolute Gasteiger partial charge is 0.486 e. The number of thiocarbonyl (C=S) groups is 1. The molecule has 0 aromatic heterocycles. The van der Waals surface area contributed by atoms with Crippen LogP contribution in [-0.4, -0.2) is 23.6 Å². The van der Waals surface area contributed by atoms with E-state index in [0.29, 0.717) is 30.4 Å². The fraction of sp³-hybridized carbons (Fsp3) is 0.240. The number of benzene rings is 3. The molecule has 3 rings (SSSR count). The third-order valence-corrected chi connectivity index (χ3v) is 5.45. The molecular weight excluding hydrogens is 433 g/mol. The van der Waals surface area contributed by atoms with Gasteiger partial charge in [-0.15, -0.1) is 0 Å². The van der Waals surface area contributed by atoms with Crippen molar-refractivity contribution in [2.45, 2.75) is 25.2 Å².